The third kappa shape index (κ3) is 2.95. The predicted octanol–water partition coefficient (Wildman–Crippen LogP) is 0.578. The van der Waals surface area contributed by atoms with Gasteiger partial charge >= 0.3 is 0 Å². The summed E-state index contributed by atoms with van der Waals surface area (Å²) in [5, 5.41) is 11.6. The summed E-state index contributed by atoms with van der Waals surface area (Å²) in [4.78, 5) is 39.3. The number of piperazine rings is 1. The van der Waals surface area contributed by atoms with Crippen LogP contribution >= 0.6 is 0 Å². The average molecular weight is 326 g/mol. The zero-order valence-corrected chi connectivity index (χ0v) is 13.2. The molecule has 0 radical (unpaired) electrons. The molecule has 0 bridgehead atoms. The van der Waals surface area contributed by atoms with Gasteiger partial charge in [0.1, 0.15) is 5.41 Å². The van der Waals surface area contributed by atoms with E-state index in [4.69, 9.17) is 5.26 Å². The molecule has 1 aromatic carbocycles. The Hall–Kier alpha value is -2.88. The maximum absolute atomic E-state index is 12.7. The summed E-state index contributed by atoms with van der Waals surface area (Å²) < 4.78 is 0. The summed E-state index contributed by atoms with van der Waals surface area (Å²) in [6.45, 7) is 1.93. The summed E-state index contributed by atoms with van der Waals surface area (Å²) in [5.74, 6) is -0.450. The Morgan fingerprint density at radius 1 is 1.12 bits per heavy atom. The summed E-state index contributed by atoms with van der Waals surface area (Å²) in [7, 11) is 0. The molecule has 1 aliphatic heterocycles. The average Bonchev–Trinajstić information content (AvgIpc) is 3.44. The van der Waals surface area contributed by atoms with Crippen LogP contribution in [0.25, 0.3) is 0 Å². The highest BCUT2D eigenvalue weighted by Gasteiger charge is 2.58. The van der Waals surface area contributed by atoms with Gasteiger partial charge in [0.15, 0.2) is 0 Å². The minimum absolute atomic E-state index is 0.154. The van der Waals surface area contributed by atoms with Crippen molar-refractivity contribution in [1.29, 1.82) is 5.26 Å². The topological polar surface area (TPSA) is 93.5 Å². The lowest BCUT2D eigenvalue weighted by atomic mass is 10.0. The highest BCUT2D eigenvalue weighted by Crippen LogP contribution is 2.48. The Bertz CT molecular complexity index is 696. The molecule has 7 heteroatoms. The quantitative estimate of drug-likeness (QED) is 0.647. The van der Waals surface area contributed by atoms with Crippen LogP contribution in [-0.2, 0) is 14.4 Å². The number of nitriles is 1. The summed E-state index contributed by atoms with van der Waals surface area (Å²) in [5.41, 5.74) is 0.110. The Morgan fingerprint density at radius 2 is 1.75 bits per heavy atom. The molecule has 0 atom stereocenters. The molecule has 0 spiro atoms. The van der Waals surface area contributed by atoms with Crippen molar-refractivity contribution in [2.24, 2.45) is 5.41 Å². The largest absolute Gasteiger partial charge is 0.342 e. The van der Waals surface area contributed by atoms with Crippen molar-refractivity contribution in [1.82, 2.24) is 9.80 Å². The number of carbonyl (C=O) groups is 3. The number of amides is 3. The molecular formula is C17H18N4O3. The second-order valence-corrected chi connectivity index (χ2v) is 6.16. The van der Waals surface area contributed by atoms with Gasteiger partial charge in [-0.1, -0.05) is 0 Å². The summed E-state index contributed by atoms with van der Waals surface area (Å²) in [6, 6.07) is 8.56. The molecule has 2 aliphatic rings. The van der Waals surface area contributed by atoms with Crippen molar-refractivity contribution in [3.63, 3.8) is 0 Å². The normalized spacial score (nSPS) is 18.5. The van der Waals surface area contributed by atoms with Gasteiger partial charge < -0.3 is 15.1 Å². The molecule has 1 aromatic rings. The van der Waals surface area contributed by atoms with Crippen LogP contribution in [-0.4, -0.2) is 54.2 Å². The molecule has 0 unspecified atom stereocenters. The van der Waals surface area contributed by atoms with Gasteiger partial charge in [0.05, 0.1) is 11.6 Å². The lowest BCUT2D eigenvalue weighted by Crippen LogP contribution is -2.52. The molecule has 1 heterocycles. The van der Waals surface area contributed by atoms with Crippen molar-refractivity contribution in [3.8, 4) is 6.07 Å². The molecule has 3 rings (SSSR count). The van der Waals surface area contributed by atoms with Gasteiger partial charge in [-0.3, -0.25) is 14.4 Å². The number of hydrogen-bond acceptors (Lipinski definition) is 4. The Labute approximate surface area is 139 Å². The van der Waals surface area contributed by atoms with E-state index in [-0.39, 0.29) is 11.8 Å². The van der Waals surface area contributed by atoms with Crippen molar-refractivity contribution in [2.45, 2.75) is 12.8 Å². The first-order chi connectivity index (χ1) is 11.6. The number of hydrogen-bond donors (Lipinski definition) is 1. The molecule has 2 fully saturated rings. The number of nitrogens with one attached hydrogen (secondary N) is 1. The van der Waals surface area contributed by atoms with Crippen LogP contribution < -0.4 is 5.32 Å². The Morgan fingerprint density at radius 3 is 2.25 bits per heavy atom. The van der Waals surface area contributed by atoms with E-state index in [0.29, 0.717) is 50.3 Å². The van der Waals surface area contributed by atoms with Gasteiger partial charge in [0, 0.05) is 31.9 Å². The van der Waals surface area contributed by atoms with Crippen LogP contribution in [0.5, 0.6) is 0 Å². The van der Waals surface area contributed by atoms with Gasteiger partial charge in [-0.25, -0.2) is 0 Å². The van der Waals surface area contributed by atoms with E-state index in [0.717, 1.165) is 6.41 Å². The number of rotatable bonds is 4. The van der Waals surface area contributed by atoms with Gasteiger partial charge in [-0.05, 0) is 37.1 Å². The van der Waals surface area contributed by atoms with Crippen LogP contribution in [0.1, 0.15) is 18.4 Å². The molecule has 1 saturated carbocycles. The van der Waals surface area contributed by atoms with E-state index in [2.05, 4.69) is 5.32 Å². The zero-order valence-electron chi connectivity index (χ0n) is 13.2. The summed E-state index contributed by atoms with van der Waals surface area (Å²) >= 11 is 0. The standard InChI is InChI=1S/C17H18N4O3/c18-11-13-1-3-14(4-2-13)19-15(23)17(5-6-17)16(24)21-9-7-20(12-22)8-10-21/h1-4,12H,5-10H2,(H,19,23). The fraction of sp³-hybridized carbons (Fsp3) is 0.412. The summed E-state index contributed by atoms with van der Waals surface area (Å²) in [6.07, 6.45) is 1.87. The monoisotopic (exact) mass is 326 g/mol. The first-order valence-corrected chi connectivity index (χ1v) is 7.89. The van der Waals surface area contributed by atoms with Crippen molar-refractivity contribution in [2.75, 3.05) is 31.5 Å². The van der Waals surface area contributed by atoms with E-state index < -0.39 is 5.41 Å². The van der Waals surface area contributed by atoms with Crippen molar-refractivity contribution in [3.05, 3.63) is 29.8 Å². The molecular weight excluding hydrogens is 308 g/mol. The van der Waals surface area contributed by atoms with Gasteiger partial charge in [0.25, 0.3) is 0 Å². The van der Waals surface area contributed by atoms with E-state index >= 15 is 0 Å². The molecule has 7 nitrogen and oxygen atoms in total. The Kier molecular flexibility index (Phi) is 4.21. The number of anilines is 1. The predicted molar refractivity (Wildman–Crippen MR) is 85.7 cm³/mol. The molecule has 0 aromatic heterocycles. The van der Waals surface area contributed by atoms with Gasteiger partial charge in [-0.2, -0.15) is 5.26 Å². The lowest BCUT2D eigenvalue weighted by molar-refractivity contribution is -0.144. The second kappa shape index (κ2) is 6.32. The Balaban J connectivity index is 1.64. The maximum atomic E-state index is 12.7. The molecule has 1 aliphatic carbocycles. The lowest BCUT2D eigenvalue weighted by Gasteiger charge is -2.34. The SMILES string of the molecule is N#Cc1ccc(NC(=O)C2(C(=O)N3CCN(C=O)CC3)CC2)cc1. The van der Waals surface area contributed by atoms with Crippen molar-refractivity contribution < 1.29 is 14.4 Å². The molecule has 1 saturated heterocycles. The fourth-order valence-electron chi connectivity index (χ4n) is 2.87. The van der Waals surface area contributed by atoms with E-state index in [1.165, 1.54) is 0 Å². The van der Waals surface area contributed by atoms with E-state index in [1.807, 2.05) is 6.07 Å². The van der Waals surface area contributed by atoms with Crippen LogP contribution in [0.4, 0.5) is 5.69 Å². The highest BCUT2D eigenvalue weighted by atomic mass is 16.2. The minimum atomic E-state index is -0.975. The molecule has 1 N–H and O–H groups in total. The number of nitrogens with zero attached hydrogens (tertiary/aromatic N) is 3. The maximum Gasteiger partial charge on any atom is 0.240 e. The van der Waals surface area contributed by atoms with E-state index in [9.17, 15) is 14.4 Å². The zero-order chi connectivity index (χ0) is 17.2. The number of carbonyl (C=O) groups excluding carboxylic acids is 3. The van der Waals surface area contributed by atoms with Crippen molar-refractivity contribution >= 4 is 23.9 Å². The van der Waals surface area contributed by atoms with Gasteiger partial charge in [-0.15, -0.1) is 0 Å². The van der Waals surface area contributed by atoms with Crippen LogP contribution in [0, 0.1) is 16.7 Å². The second-order valence-electron chi connectivity index (χ2n) is 6.16. The first kappa shape index (κ1) is 16.0. The minimum Gasteiger partial charge on any atom is -0.342 e. The van der Waals surface area contributed by atoms with E-state index in [1.54, 1.807) is 34.1 Å². The third-order valence-corrected chi connectivity index (χ3v) is 4.62. The smallest absolute Gasteiger partial charge is 0.240 e. The molecule has 3 amide bonds. The molecule has 124 valence electrons. The van der Waals surface area contributed by atoms with Crippen LogP contribution in [0.15, 0.2) is 24.3 Å². The fourth-order valence-corrected chi connectivity index (χ4v) is 2.87. The van der Waals surface area contributed by atoms with Gasteiger partial charge in [0.2, 0.25) is 18.2 Å². The highest BCUT2D eigenvalue weighted by molar-refractivity contribution is 6.13. The van der Waals surface area contributed by atoms with Crippen LogP contribution in [0.2, 0.25) is 0 Å². The third-order valence-electron chi connectivity index (χ3n) is 4.62. The number of benzene rings is 1. The van der Waals surface area contributed by atoms with Crippen LogP contribution in [0.3, 0.4) is 0 Å². The molecule has 24 heavy (non-hydrogen) atoms. The first-order valence-electron chi connectivity index (χ1n) is 7.89.